The molecule has 0 bridgehead atoms. The lowest BCUT2D eigenvalue weighted by Crippen LogP contribution is -2.54. The lowest BCUT2D eigenvalue weighted by molar-refractivity contribution is -0.385. The van der Waals surface area contributed by atoms with E-state index < -0.39 is 49.9 Å². The Labute approximate surface area is 295 Å². The molecule has 258 valence electrons. The topological polar surface area (TPSA) is 139 Å². The number of anilines is 1. The SMILES string of the molecule is COc1ccc(Cl)cc1N(CC(=O)N(Cc1ccc(Cl)cc1)[C@H](Cc1ccccc1)C(=O)NC(C)C)S(=O)(=O)c1ccc(C)c([N+](=O)[O-])c1. The summed E-state index contributed by atoms with van der Waals surface area (Å²) < 4.78 is 35.1. The highest BCUT2D eigenvalue weighted by atomic mass is 35.5. The molecule has 0 heterocycles. The molecule has 11 nitrogen and oxygen atoms in total. The molecule has 0 fully saturated rings. The minimum atomic E-state index is -4.68. The summed E-state index contributed by atoms with van der Waals surface area (Å²) in [5, 5.41) is 15.3. The Morgan fingerprint density at radius 1 is 0.918 bits per heavy atom. The van der Waals surface area contributed by atoms with Gasteiger partial charge in [0.25, 0.3) is 15.7 Å². The zero-order valence-electron chi connectivity index (χ0n) is 27.3. The number of benzene rings is 4. The van der Waals surface area contributed by atoms with Crippen LogP contribution < -0.4 is 14.4 Å². The fraction of sp³-hybridized carbons (Fsp3) is 0.257. The number of rotatable bonds is 14. The van der Waals surface area contributed by atoms with Gasteiger partial charge in [-0.3, -0.25) is 24.0 Å². The first-order valence-electron chi connectivity index (χ1n) is 15.2. The molecule has 0 radical (unpaired) electrons. The average molecular weight is 728 g/mol. The van der Waals surface area contributed by atoms with Gasteiger partial charge in [0.05, 0.1) is 22.6 Å². The van der Waals surface area contributed by atoms with Crippen LogP contribution in [-0.2, 0) is 32.6 Å². The number of carbonyl (C=O) groups is 2. The third kappa shape index (κ3) is 9.28. The smallest absolute Gasteiger partial charge is 0.273 e. The van der Waals surface area contributed by atoms with E-state index in [1.54, 1.807) is 38.1 Å². The standard InChI is InChI=1S/C35H36Cl2N4O7S/c1-23(2)38-35(43)32(18-25-8-6-5-7-9-25)39(21-26-11-13-27(36)14-12-26)34(42)22-40(31-19-28(37)15-17-33(31)48-4)49(46,47)29-16-10-24(3)30(20-29)41(44)45/h5-17,19-20,23,32H,18,21-22H2,1-4H3,(H,38,43)/t32-/m1/s1. The molecule has 14 heteroatoms. The Morgan fingerprint density at radius 2 is 1.57 bits per heavy atom. The molecule has 0 saturated carbocycles. The van der Waals surface area contributed by atoms with Gasteiger partial charge in [0.2, 0.25) is 11.8 Å². The molecule has 4 aromatic rings. The molecule has 4 rings (SSSR count). The minimum absolute atomic E-state index is 0.0738. The van der Waals surface area contributed by atoms with E-state index in [-0.39, 0.29) is 41.0 Å². The monoisotopic (exact) mass is 726 g/mol. The van der Waals surface area contributed by atoms with Crippen LogP contribution in [0.25, 0.3) is 0 Å². The summed E-state index contributed by atoms with van der Waals surface area (Å²) >= 11 is 12.5. The summed E-state index contributed by atoms with van der Waals surface area (Å²) in [6, 6.07) is 22.3. The van der Waals surface area contributed by atoms with Gasteiger partial charge in [-0.2, -0.15) is 0 Å². The first kappa shape index (κ1) is 37.2. The van der Waals surface area contributed by atoms with Crippen LogP contribution in [0, 0.1) is 17.0 Å². The molecule has 49 heavy (non-hydrogen) atoms. The molecular formula is C35H36Cl2N4O7S. The van der Waals surface area contributed by atoms with Crippen molar-refractivity contribution in [1.29, 1.82) is 0 Å². The fourth-order valence-electron chi connectivity index (χ4n) is 5.17. The molecule has 1 atom stereocenters. The summed E-state index contributed by atoms with van der Waals surface area (Å²) in [5.41, 5.74) is 1.17. The molecule has 4 aromatic carbocycles. The van der Waals surface area contributed by atoms with Crippen LogP contribution in [0.15, 0.2) is 95.9 Å². The van der Waals surface area contributed by atoms with Crippen LogP contribution >= 0.6 is 23.2 Å². The first-order valence-corrected chi connectivity index (χ1v) is 17.4. The normalized spacial score (nSPS) is 11.9. The number of sulfonamides is 1. The van der Waals surface area contributed by atoms with E-state index in [4.69, 9.17) is 27.9 Å². The number of hydrogen-bond acceptors (Lipinski definition) is 7. The number of hydrogen-bond donors (Lipinski definition) is 1. The Morgan fingerprint density at radius 3 is 2.18 bits per heavy atom. The summed E-state index contributed by atoms with van der Waals surface area (Å²) in [6.45, 7) is 4.19. The largest absolute Gasteiger partial charge is 0.495 e. The number of nitrogens with one attached hydrogen (secondary N) is 1. The van der Waals surface area contributed by atoms with Gasteiger partial charge < -0.3 is 15.0 Å². The van der Waals surface area contributed by atoms with Gasteiger partial charge in [-0.05, 0) is 68.3 Å². The zero-order chi connectivity index (χ0) is 35.9. The van der Waals surface area contributed by atoms with Crippen molar-refractivity contribution in [3.05, 3.63) is 128 Å². The van der Waals surface area contributed by atoms with Gasteiger partial charge in [-0.1, -0.05) is 71.7 Å². The van der Waals surface area contributed by atoms with Gasteiger partial charge in [0.15, 0.2) is 0 Å². The molecule has 1 N–H and O–H groups in total. The molecule has 2 amide bonds. The van der Waals surface area contributed by atoms with E-state index in [0.29, 0.717) is 10.6 Å². The number of nitro groups is 1. The van der Waals surface area contributed by atoms with E-state index in [1.807, 2.05) is 30.3 Å². The van der Waals surface area contributed by atoms with Gasteiger partial charge in [0.1, 0.15) is 18.3 Å². The van der Waals surface area contributed by atoms with Crippen molar-refractivity contribution in [2.24, 2.45) is 0 Å². The Hall–Kier alpha value is -4.65. The number of amides is 2. The van der Waals surface area contributed by atoms with E-state index in [2.05, 4.69) is 5.32 Å². The second-order valence-corrected chi connectivity index (χ2v) is 14.3. The quantitative estimate of drug-likeness (QED) is 0.114. The van der Waals surface area contributed by atoms with Crippen molar-refractivity contribution >= 4 is 56.4 Å². The second-order valence-electron chi connectivity index (χ2n) is 11.6. The lowest BCUT2D eigenvalue weighted by Gasteiger charge is -2.34. The maximum atomic E-state index is 14.6. The average Bonchev–Trinajstić information content (AvgIpc) is 3.06. The highest BCUT2D eigenvalue weighted by Gasteiger charge is 2.36. The number of nitrogens with zero attached hydrogens (tertiary/aromatic N) is 3. The van der Waals surface area contributed by atoms with E-state index in [1.165, 1.54) is 49.3 Å². The highest BCUT2D eigenvalue weighted by Crippen LogP contribution is 2.36. The maximum Gasteiger partial charge on any atom is 0.273 e. The van der Waals surface area contributed by atoms with Crippen LogP contribution in [0.4, 0.5) is 11.4 Å². The van der Waals surface area contributed by atoms with Crippen LogP contribution in [0.3, 0.4) is 0 Å². The minimum Gasteiger partial charge on any atom is -0.495 e. The highest BCUT2D eigenvalue weighted by molar-refractivity contribution is 7.92. The van der Waals surface area contributed by atoms with Crippen LogP contribution in [-0.4, -0.2) is 55.8 Å². The second kappa shape index (κ2) is 16.2. The predicted octanol–water partition coefficient (Wildman–Crippen LogP) is 6.58. The fourth-order valence-corrected chi connectivity index (χ4v) is 6.90. The molecule has 0 aliphatic carbocycles. The van der Waals surface area contributed by atoms with E-state index in [0.717, 1.165) is 15.9 Å². The molecule has 0 aliphatic rings. The molecule has 0 saturated heterocycles. The number of halogens is 2. The molecular weight excluding hydrogens is 691 g/mol. The lowest BCUT2D eigenvalue weighted by atomic mass is 10.0. The Kier molecular flexibility index (Phi) is 12.3. The molecule has 0 aromatic heterocycles. The summed E-state index contributed by atoms with van der Waals surface area (Å²) in [4.78, 5) is 40.5. The third-order valence-electron chi connectivity index (χ3n) is 7.62. The molecule has 0 spiro atoms. The predicted molar refractivity (Wildman–Crippen MR) is 190 cm³/mol. The van der Waals surface area contributed by atoms with Crippen LogP contribution in [0.5, 0.6) is 5.75 Å². The maximum absolute atomic E-state index is 14.6. The number of aryl methyl sites for hydroxylation is 1. The Bertz CT molecular complexity index is 1920. The van der Waals surface area contributed by atoms with Crippen LogP contribution in [0.1, 0.15) is 30.5 Å². The van der Waals surface area contributed by atoms with Crippen molar-refractivity contribution in [2.45, 2.75) is 50.7 Å². The summed E-state index contributed by atoms with van der Waals surface area (Å²) in [5.74, 6) is -1.10. The number of methoxy groups -OCH3 is 1. The number of ether oxygens (including phenoxy) is 1. The summed E-state index contributed by atoms with van der Waals surface area (Å²) in [7, 11) is -3.35. The first-order chi connectivity index (χ1) is 23.2. The van der Waals surface area contributed by atoms with Crippen molar-refractivity contribution < 1.29 is 27.7 Å². The molecule has 0 unspecified atom stereocenters. The Balaban J connectivity index is 1.89. The van der Waals surface area contributed by atoms with Crippen molar-refractivity contribution in [2.75, 3.05) is 18.0 Å². The van der Waals surface area contributed by atoms with Crippen molar-refractivity contribution in [3.63, 3.8) is 0 Å². The van der Waals surface area contributed by atoms with Gasteiger partial charge in [-0.25, -0.2) is 8.42 Å². The van der Waals surface area contributed by atoms with E-state index in [9.17, 15) is 28.1 Å². The van der Waals surface area contributed by atoms with Gasteiger partial charge in [0, 0.05) is 40.7 Å². The van der Waals surface area contributed by atoms with Gasteiger partial charge >= 0.3 is 0 Å². The van der Waals surface area contributed by atoms with Crippen molar-refractivity contribution in [3.8, 4) is 5.75 Å². The number of nitro benzene ring substituents is 1. The van der Waals surface area contributed by atoms with Crippen molar-refractivity contribution in [1.82, 2.24) is 10.2 Å². The van der Waals surface area contributed by atoms with E-state index >= 15 is 0 Å². The third-order valence-corrected chi connectivity index (χ3v) is 9.86. The summed E-state index contributed by atoms with van der Waals surface area (Å²) in [6.07, 6.45) is 0.121. The van der Waals surface area contributed by atoms with Crippen LogP contribution in [0.2, 0.25) is 10.0 Å². The number of carbonyl (C=O) groups excluding carboxylic acids is 2. The molecule has 0 aliphatic heterocycles. The van der Waals surface area contributed by atoms with Gasteiger partial charge in [-0.15, -0.1) is 0 Å². The zero-order valence-corrected chi connectivity index (χ0v) is 29.6.